The Balaban J connectivity index is 4.44. The quantitative estimate of drug-likeness (QED) is 0.372. The largest absolute Gasteiger partial charge is 0.465 e. The van der Waals surface area contributed by atoms with E-state index in [1.807, 2.05) is 6.92 Å². The molecule has 0 rings (SSSR count). The van der Waals surface area contributed by atoms with E-state index in [2.05, 4.69) is 6.58 Å². The van der Waals surface area contributed by atoms with Crippen LogP contribution >= 0.6 is 0 Å². The Bertz CT molecular complexity index is 242. The van der Waals surface area contributed by atoms with Crippen molar-refractivity contribution in [2.45, 2.75) is 33.6 Å². The lowest BCUT2D eigenvalue weighted by Crippen LogP contribution is -2.28. The molecule has 0 aromatic rings. The number of ether oxygens (including phenoxy) is 2. The number of rotatable bonds is 8. The number of allylic oxidation sites excluding steroid dienone is 1. The van der Waals surface area contributed by atoms with Gasteiger partial charge in [-0.3, -0.25) is 9.59 Å². The zero-order valence-corrected chi connectivity index (χ0v) is 10.9. The maximum Gasteiger partial charge on any atom is 0.320 e. The first-order valence-corrected chi connectivity index (χ1v) is 6.02. The van der Waals surface area contributed by atoms with Gasteiger partial charge in [-0.2, -0.15) is 0 Å². The molecular weight excluding hydrogens is 220 g/mol. The molecule has 4 heteroatoms. The Labute approximate surface area is 103 Å². The summed E-state index contributed by atoms with van der Waals surface area (Å²) in [5.74, 6) is -1.54. The highest BCUT2D eigenvalue weighted by Crippen LogP contribution is 2.16. The summed E-state index contributed by atoms with van der Waals surface area (Å²) in [6.45, 7) is 9.62. The van der Waals surface area contributed by atoms with Crippen molar-refractivity contribution in [2.24, 2.45) is 11.8 Å². The third-order valence-corrected chi connectivity index (χ3v) is 2.46. The van der Waals surface area contributed by atoms with Crippen molar-refractivity contribution < 1.29 is 19.1 Å². The first kappa shape index (κ1) is 15.7. The smallest absolute Gasteiger partial charge is 0.320 e. The zero-order valence-electron chi connectivity index (χ0n) is 10.9. The molecule has 0 aromatic heterocycles. The van der Waals surface area contributed by atoms with Gasteiger partial charge in [-0.15, -0.1) is 6.58 Å². The number of carbonyl (C=O) groups is 2. The second kappa shape index (κ2) is 8.79. The first-order valence-electron chi connectivity index (χ1n) is 6.02. The standard InChI is InChI=1S/C13H22O4/c1-5-10(4)8-9-11(12(14)16-6-2)13(15)17-7-3/h5,10-11H,1,6-9H2,2-4H3. The summed E-state index contributed by atoms with van der Waals surface area (Å²) in [6.07, 6.45) is 2.95. The van der Waals surface area contributed by atoms with Crippen molar-refractivity contribution in [3.63, 3.8) is 0 Å². The van der Waals surface area contributed by atoms with Gasteiger partial charge in [0.25, 0.3) is 0 Å². The Morgan fingerprint density at radius 1 is 1.12 bits per heavy atom. The van der Waals surface area contributed by atoms with Gasteiger partial charge in [0.05, 0.1) is 13.2 Å². The van der Waals surface area contributed by atoms with Crippen LogP contribution in [0.3, 0.4) is 0 Å². The molecule has 98 valence electrons. The second-order valence-electron chi connectivity index (χ2n) is 3.85. The van der Waals surface area contributed by atoms with E-state index in [4.69, 9.17) is 9.47 Å². The molecule has 0 fully saturated rings. The maximum atomic E-state index is 11.6. The SMILES string of the molecule is C=CC(C)CCC(C(=O)OCC)C(=O)OCC. The van der Waals surface area contributed by atoms with Crippen LogP contribution in [0.15, 0.2) is 12.7 Å². The Hall–Kier alpha value is -1.32. The summed E-state index contributed by atoms with van der Waals surface area (Å²) < 4.78 is 9.74. The maximum absolute atomic E-state index is 11.6. The van der Waals surface area contributed by atoms with Gasteiger partial charge < -0.3 is 9.47 Å². The molecule has 0 spiro atoms. The highest BCUT2D eigenvalue weighted by atomic mass is 16.6. The van der Waals surface area contributed by atoms with E-state index in [0.29, 0.717) is 12.8 Å². The monoisotopic (exact) mass is 242 g/mol. The van der Waals surface area contributed by atoms with Gasteiger partial charge in [0, 0.05) is 0 Å². The van der Waals surface area contributed by atoms with Crippen molar-refractivity contribution >= 4 is 11.9 Å². The lowest BCUT2D eigenvalue weighted by molar-refractivity contribution is -0.162. The van der Waals surface area contributed by atoms with Crippen LogP contribution in [0.1, 0.15) is 33.6 Å². The van der Waals surface area contributed by atoms with Crippen LogP contribution < -0.4 is 0 Å². The van der Waals surface area contributed by atoms with Gasteiger partial charge in [-0.25, -0.2) is 0 Å². The van der Waals surface area contributed by atoms with Gasteiger partial charge in [-0.1, -0.05) is 13.0 Å². The van der Waals surface area contributed by atoms with E-state index in [-0.39, 0.29) is 19.1 Å². The zero-order chi connectivity index (χ0) is 13.3. The molecule has 0 N–H and O–H groups in total. The summed E-state index contributed by atoms with van der Waals surface area (Å²) in [4.78, 5) is 23.2. The fraction of sp³-hybridized carbons (Fsp3) is 0.692. The van der Waals surface area contributed by atoms with E-state index >= 15 is 0 Å². The van der Waals surface area contributed by atoms with Gasteiger partial charge in [0.1, 0.15) is 0 Å². The molecule has 4 nitrogen and oxygen atoms in total. The number of hydrogen-bond donors (Lipinski definition) is 0. The van der Waals surface area contributed by atoms with Crippen molar-refractivity contribution in [2.75, 3.05) is 13.2 Å². The molecule has 0 radical (unpaired) electrons. The molecule has 0 bridgehead atoms. The van der Waals surface area contributed by atoms with Gasteiger partial charge >= 0.3 is 11.9 Å². The molecular formula is C13H22O4. The van der Waals surface area contributed by atoms with Crippen molar-refractivity contribution in [1.29, 1.82) is 0 Å². The summed E-state index contributed by atoms with van der Waals surface area (Å²) in [5.41, 5.74) is 0. The van der Waals surface area contributed by atoms with E-state index in [0.717, 1.165) is 0 Å². The molecule has 1 atom stereocenters. The van der Waals surface area contributed by atoms with Crippen LogP contribution in [-0.2, 0) is 19.1 Å². The fourth-order valence-corrected chi connectivity index (χ4v) is 1.37. The molecule has 1 unspecified atom stereocenters. The van der Waals surface area contributed by atoms with Crippen LogP contribution in [0.4, 0.5) is 0 Å². The van der Waals surface area contributed by atoms with E-state index in [9.17, 15) is 9.59 Å². The molecule has 0 aliphatic rings. The average molecular weight is 242 g/mol. The van der Waals surface area contributed by atoms with Crippen LogP contribution in [0.25, 0.3) is 0 Å². The molecule has 0 saturated carbocycles. The van der Waals surface area contributed by atoms with Crippen LogP contribution in [0, 0.1) is 11.8 Å². The molecule has 0 aliphatic heterocycles. The molecule has 0 amide bonds. The topological polar surface area (TPSA) is 52.6 Å². The molecule has 17 heavy (non-hydrogen) atoms. The Morgan fingerprint density at radius 2 is 1.59 bits per heavy atom. The second-order valence-corrected chi connectivity index (χ2v) is 3.85. The molecule has 0 heterocycles. The predicted octanol–water partition coefficient (Wildman–Crippen LogP) is 2.33. The van der Waals surface area contributed by atoms with E-state index in [1.165, 1.54) is 0 Å². The summed E-state index contributed by atoms with van der Waals surface area (Å²) in [7, 11) is 0. The third kappa shape index (κ3) is 6.09. The fourth-order valence-electron chi connectivity index (χ4n) is 1.37. The van der Waals surface area contributed by atoms with Crippen molar-refractivity contribution in [1.82, 2.24) is 0 Å². The summed E-state index contributed by atoms with van der Waals surface area (Å²) in [5, 5.41) is 0. The number of carbonyl (C=O) groups excluding carboxylic acids is 2. The van der Waals surface area contributed by atoms with Crippen molar-refractivity contribution in [3.8, 4) is 0 Å². The number of hydrogen-bond acceptors (Lipinski definition) is 4. The van der Waals surface area contributed by atoms with Crippen molar-refractivity contribution in [3.05, 3.63) is 12.7 Å². The average Bonchev–Trinajstić information content (AvgIpc) is 2.29. The number of esters is 2. The van der Waals surface area contributed by atoms with Gasteiger partial charge in [-0.05, 0) is 32.6 Å². The summed E-state index contributed by atoms with van der Waals surface area (Å²) in [6, 6.07) is 0. The minimum atomic E-state index is -0.808. The van der Waals surface area contributed by atoms with Gasteiger partial charge in [0.15, 0.2) is 5.92 Å². The van der Waals surface area contributed by atoms with Crippen LogP contribution in [0.5, 0.6) is 0 Å². The highest BCUT2D eigenvalue weighted by Gasteiger charge is 2.29. The highest BCUT2D eigenvalue weighted by molar-refractivity contribution is 5.94. The molecule has 0 aromatic carbocycles. The third-order valence-electron chi connectivity index (χ3n) is 2.46. The molecule has 0 saturated heterocycles. The van der Waals surface area contributed by atoms with E-state index in [1.54, 1.807) is 19.9 Å². The van der Waals surface area contributed by atoms with Crippen LogP contribution in [0.2, 0.25) is 0 Å². The normalized spacial score (nSPS) is 12.0. The van der Waals surface area contributed by atoms with E-state index < -0.39 is 17.9 Å². The first-order chi connectivity index (χ1) is 8.06. The Kier molecular flexibility index (Phi) is 8.11. The minimum absolute atomic E-state index is 0.265. The van der Waals surface area contributed by atoms with Crippen LogP contribution in [-0.4, -0.2) is 25.2 Å². The molecule has 0 aliphatic carbocycles. The lowest BCUT2D eigenvalue weighted by Gasteiger charge is -2.15. The summed E-state index contributed by atoms with van der Waals surface area (Å²) >= 11 is 0. The van der Waals surface area contributed by atoms with Gasteiger partial charge in [0.2, 0.25) is 0 Å². The lowest BCUT2D eigenvalue weighted by atomic mass is 9.97. The predicted molar refractivity (Wildman–Crippen MR) is 65.4 cm³/mol. The Morgan fingerprint density at radius 3 is 1.94 bits per heavy atom. The minimum Gasteiger partial charge on any atom is -0.465 e.